The lowest BCUT2D eigenvalue weighted by atomic mass is 9.92. The molecule has 1 aliphatic heterocycles. The van der Waals surface area contributed by atoms with Crippen molar-refractivity contribution in [3.05, 3.63) is 0 Å². The number of nitrogens with one attached hydrogen (secondary N) is 2. The van der Waals surface area contributed by atoms with Crippen LogP contribution < -0.4 is 16.4 Å². The fourth-order valence-corrected chi connectivity index (χ4v) is 2.91. The van der Waals surface area contributed by atoms with Crippen LogP contribution in [0.5, 0.6) is 0 Å². The zero-order valence-corrected chi connectivity index (χ0v) is 12.7. The summed E-state index contributed by atoms with van der Waals surface area (Å²) < 4.78 is 0. The van der Waals surface area contributed by atoms with Crippen molar-refractivity contribution in [3.8, 4) is 6.07 Å². The van der Waals surface area contributed by atoms with Crippen molar-refractivity contribution in [2.45, 2.75) is 63.6 Å². The zero-order chi connectivity index (χ0) is 15.6. The lowest BCUT2D eigenvalue weighted by molar-refractivity contribution is -0.125. The number of rotatable bonds is 6. The van der Waals surface area contributed by atoms with Crippen LogP contribution in [0.2, 0.25) is 0 Å². The van der Waals surface area contributed by atoms with Crippen LogP contribution in [0.25, 0.3) is 0 Å². The number of amides is 2. The molecule has 0 bridgehead atoms. The number of nitrogens with zero attached hydrogens (tertiary/aromatic N) is 1. The Morgan fingerprint density at radius 2 is 2.19 bits per heavy atom. The summed E-state index contributed by atoms with van der Waals surface area (Å²) in [6.07, 6.45) is 3.97. The summed E-state index contributed by atoms with van der Waals surface area (Å²) in [7, 11) is 0. The van der Waals surface area contributed by atoms with E-state index in [1.165, 1.54) is 0 Å². The average molecular weight is 292 g/mol. The van der Waals surface area contributed by atoms with E-state index in [0.717, 1.165) is 12.8 Å². The normalized spacial score (nSPS) is 26.6. The van der Waals surface area contributed by atoms with Crippen molar-refractivity contribution in [1.82, 2.24) is 10.6 Å². The van der Waals surface area contributed by atoms with Crippen molar-refractivity contribution >= 4 is 11.8 Å². The van der Waals surface area contributed by atoms with Gasteiger partial charge in [0, 0.05) is 11.5 Å². The molecular weight excluding hydrogens is 268 g/mol. The van der Waals surface area contributed by atoms with E-state index in [9.17, 15) is 14.9 Å². The second-order valence-electron chi connectivity index (χ2n) is 6.99. The summed E-state index contributed by atoms with van der Waals surface area (Å²) >= 11 is 0. The predicted molar refractivity (Wildman–Crippen MR) is 77.8 cm³/mol. The third-order valence-electron chi connectivity index (χ3n) is 4.20. The summed E-state index contributed by atoms with van der Waals surface area (Å²) in [5.41, 5.74) is 5.60. The number of nitriles is 1. The summed E-state index contributed by atoms with van der Waals surface area (Å²) in [5, 5.41) is 14.8. The molecule has 2 aliphatic rings. The van der Waals surface area contributed by atoms with Gasteiger partial charge in [-0.05, 0) is 39.0 Å². The highest BCUT2D eigenvalue weighted by Gasteiger charge is 2.38. The van der Waals surface area contributed by atoms with E-state index in [-0.39, 0.29) is 23.3 Å². The monoisotopic (exact) mass is 292 g/mol. The average Bonchev–Trinajstić information content (AvgIpc) is 3.15. The molecule has 0 aromatic heterocycles. The van der Waals surface area contributed by atoms with E-state index < -0.39 is 12.1 Å². The Morgan fingerprint density at radius 3 is 2.67 bits per heavy atom. The molecule has 1 aliphatic carbocycles. The van der Waals surface area contributed by atoms with Crippen LogP contribution in [0.4, 0.5) is 0 Å². The maximum atomic E-state index is 12.0. The highest BCUT2D eigenvalue weighted by molar-refractivity contribution is 5.83. The Labute approximate surface area is 125 Å². The van der Waals surface area contributed by atoms with E-state index >= 15 is 0 Å². The molecule has 6 heteroatoms. The van der Waals surface area contributed by atoms with Gasteiger partial charge >= 0.3 is 0 Å². The minimum absolute atomic E-state index is 0.0447. The van der Waals surface area contributed by atoms with E-state index in [4.69, 9.17) is 5.73 Å². The van der Waals surface area contributed by atoms with E-state index in [0.29, 0.717) is 25.2 Å². The maximum absolute atomic E-state index is 12.0. The van der Waals surface area contributed by atoms with Gasteiger partial charge in [0.15, 0.2) is 0 Å². The maximum Gasteiger partial charge on any atom is 0.237 e. The van der Waals surface area contributed by atoms with Crippen molar-refractivity contribution in [3.63, 3.8) is 0 Å². The number of carbonyl (C=O) groups excluding carboxylic acids is 2. The molecule has 2 amide bonds. The number of hydrogen-bond acceptors (Lipinski definition) is 4. The predicted octanol–water partition coefficient (Wildman–Crippen LogP) is 0.427. The Balaban J connectivity index is 1.84. The lowest BCUT2D eigenvalue weighted by Crippen LogP contribution is -2.46. The molecule has 0 aromatic rings. The van der Waals surface area contributed by atoms with Crippen LogP contribution in [0, 0.1) is 23.2 Å². The smallest absolute Gasteiger partial charge is 0.237 e. The molecule has 1 heterocycles. The molecule has 1 saturated carbocycles. The molecule has 0 spiro atoms. The second-order valence-corrected chi connectivity index (χ2v) is 6.99. The van der Waals surface area contributed by atoms with E-state index in [1.54, 1.807) is 0 Å². The molecular formula is C15H24N4O2. The van der Waals surface area contributed by atoms with Gasteiger partial charge in [-0.25, -0.2) is 0 Å². The molecule has 0 unspecified atom stereocenters. The third-order valence-corrected chi connectivity index (χ3v) is 4.20. The molecule has 0 aromatic carbocycles. The minimum atomic E-state index is -0.660. The fourth-order valence-electron chi connectivity index (χ4n) is 2.91. The number of nitrogens with two attached hydrogens (primary N) is 1. The number of hydrogen-bond donors (Lipinski definition) is 3. The van der Waals surface area contributed by atoms with Gasteiger partial charge < -0.3 is 16.4 Å². The van der Waals surface area contributed by atoms with E-state index in [2.05, 4.69) is 16.7 Å². The standard InChI is InChI=1S/C15H24N4O2/c1-15(2)7-10(13(20)19-15)6-11(8-16)18-14(21)12(17)5-9-3-4-9/h9-12H,3-7,17H2,1-2H3,(H,18,21)(H,19,20)/t10-,11+,12+/m1/s1. The van der Waals surface area contributed by atoms with E-state index in [1.807, 2.05) is 13.8 Å². The molecule has 116 valence electrons. The van der Waals surface area contributed by atoms with Crippen molar-refractivity contribution in [2.24, 2.45) is 17.6 Å². The molecule has 2 fully saturated rings. The molecule has 1 saturated heterocycles. The molecule has 21 heavy (non-hydrogen) atoms. The van der Waals surface area contributed by atoms with Gasteiger partial charge in [-0.15, -0.1) is 0 Å². The van der Waals surface area contributed by atoms with Crippen molar-refractivity contribution in [2.75, 3.05) is 0 Å². The third kappa shape index (κ3) is 4.43. The van der Waals surface area contributed by atoms with Gasteiger partial charge in [-0.3, -0.25) is 9.59 Å². The van der Waals surface area contributed by atoms with Crippen molar-refractivity contribution < 1.29 is 9.59 Å². The zero-order valence-electron chi connectivity index (χ0n) is 12.7. The van der Waals surface area contributed by atoms with Gasteiger partial charge in [-0.2, -0.15) is 5.26 Å². The second kappa shape index (κ2) is 6.02. The lowest BCUT2D eigenvalue weighted by Gasteiger charge is -2.18. The summed E-state index contributed by atoms with van der Waals surface area (Å²) in [6.45, 7) is 3.91. The summed E-state index contributed by atoms with van der Waals surface area (Å²) in [6, 6.07) is 0.851. The highest BCUT2D eigenvalue weighted by Crippen LogP contribution is 2.33. The van der Waals surface area contributed by atoms with Crippen molar-refractivity contribution in [1.29, 1.82) is 5.26 Å². The van der Waals surface area contributed by atoms with Gasteiger partial charge in [0.25, 0.3) is 0 Å². The molecule has 4 N–H and O–H groups in total. The Morgan fingerprint density at radius 1 is 1.52 bits per heavy atom. The minimum Gasteiger partial charge on any atom is -0.351 e. The molecule has 6 nitrogen and oxygen atoms in total. The Bertz CT molecular complexity index is 465. The SMILES string of the molecule is CC1(C)C[C@@H](C[C@@H](C#N)NC(=O)[C@@H](N)CC2CC2)C(=O)N1. The first-order valence-corrected chi connectivity index (χ1v) is 7.58. The molecule has 3 atom stereocenters. The van der Waals surface area contributed by atoms with Crippen LogP contribution in [0.3, 0.4) is 0 Å². The van der Waals surface area contributed by atoms with Crippen LogP contribution in [-0.4, -0.2) is 29.4 Å². The summed E-state index contributed by atoms with van der Waals surface area (Å²) in [5.74, 6) is 0.000180. The molecule has 2 rings (SSSR count). The van der Waals surface area contributed by atoms with Gasteiger partial charge in [0.2, 0.25) is 11.8 Å². The molecule has 0 radical (unpaired) electrons. The highest BCUT2D eigenvalue weighted by atomic mass is 16.2. The van der Waals surface area contributed by atoms with Gasteiger partial charge in [-0.1, -0.05) is 12.8 Å². The van der Waals surface area contributed by atoms with Gasteiger partial charge in [0.1, 0.15) is 6.04 Å². The van der Waals surface area contributed by atoms with Gasteiger partial charge in [0.05, 0.1) is 12.1 Å². The Kier molecular flexibility index (Phi) is 4.52. The van der Waals surface area contributed by atoms with Crippen LogP contribution in [0.1, 0.15) is 46.0 Å². The first-order valence-electron chi connectivity index (χ1n) is 7.58. The van der Waals surface area contributed by atoms with Crippen LogP contribution in [-0.2, 0) is 9.59 Å². The topological polar surface area (TPSA) is 108 Å². The summed E-state index contributed by atoms with van der Waals surface area (Å²) in [4.78, 5) is 23.8. The first kappa shape index (κ1) is 15.8. The fraction of sp³-hybridized carbons (Fsp3) is 0.800. The number of carbonyl (C=O) groups is 2. The first-order chi connectivity index (χ1) is 9.80. The van der Waals surface area contributed by atoms with Crippen LogP contribution in [0.15, 0.2) is 0 Å². The largest absolute Gasteiger partial charge is 0.351 e. The Hall–Kier alpha value is -1.61. The quantitative estimate of drug-likeness (QED) is 0.659. The van der Waals surface area contributed by atoms with Crippen LogP contribution >= 0.6 is 0 Å².